The molecule has 108 valence electrons. The number of ether oxygens (including phenoxy) is 1. The fourth-order valence-electron chi connectivity index (χ4n) is 1.63. The van der Waals surface area contributed by atoms with Crippen LogP contribution in [0.1, 0.15) is 67.2 Å². The number of carbonyl (C=O) groups excluding carboxylic acids is 1. The molecular weight excluding hydrogens is 236 g/mol. The monoisotopic (exact) mass is 264 g/mol. The van der Waals surface area contributed by atoms with Crippen LogP contribution < -0.4 is 0 Å². The van der Waals surface area contributed by atoms with Crippen molar-refractivity contribution in [1.29, 1.82) is 0 Å². The molecule has 0 aromatic carbocycles. The SMILES string of the molecule is CCC(C)=C(C/C=C(\C)CCC=C(C)C)OC(C)=O. The Hall–Kier alpha value is -1.31. The van der Waals surface area contributed by atoms with E-state index in [1.807, 2.05) is 6.92 Å². The standard InChI is InChI=1S/C17H28O2/c1-7-15(5)17(19-16(6)18)12-11-14(4)10-8-9-13(2)3/h9,11H,7-8,10,12H2,1-6H3/b14-11+,17-15?. The van der Waals surface area contributed by atoms with Crippen molar-refractivity contribution in [2.75, 3.05) is 0 Å². The van der Waals surface area contributed by atoms with Gasteiger partial charge in [0.25, 0.3) is 0 Å². The summed E-state index contributed by atoms with van der Waals surface area (Å²) < 4.78 is 5.28. The van der Waals surface area contributed by atoms with Gasteiger partial charge in [-0.2, -0.15) is 0 Å². The summed E-state index contributed by atoms with van der Waals surface area (Å²) in [5.41, 5.74) is 3.84. The van der Waals surface area contributed by atoms with Gasteiger partial charge in [0, 0.05) is 13.3 Å². The summed E-state index contributed by atoms with van der Waals surface area (Å²) in [7, 11) is 0. The van der Waals surface area contributed by atoms with E-state index >= 15 is 0 Å². The number of carbonyl (C=O) groups is 1. The highest BCUT2D eigenvalue weighted by Gasteiger charge is 2.05. The van der Waals surface area contributed by atoms with Crippen LogP contribution in [0.2, 0.25) is 0 Å². The zero-order valence-electron chi connectivity index (χ0n) is 13.3. The molecule has 0 aliphatic heterocycles. The molecule has 0 bridgehead atoms. The van der Waals surface area contributed by atoms with Gasteiger partial charge < -0.3 is 4.74 Å². The van der Waals surface area contributed by atoms with E-state index < -0.39 is 0 Å². The van der Waals surface area contributed by atoms with Crippen LogP contribution in [0.3, 0.4) is 0 Å². The Morgan fingerprint density at radius 1 is 1.05 bits per heavy atom. The zero-order chi connectivity index (χ0) is 14.8. The van der Waals surface area contributed by atoms with Gasteiger partial charge >= 0.3 is 5.97 Å². The second-order valence-electron chi connectivity index (χ2n) is 5.23. The molecule has 0 heterocycles. The lowest BCUT2D eigenvalue weighted by atomic mass is 10.1. The lowest BCUT2D eigenvalue weighted by molar-refractivity contribution is -0.137. The highest BCUT2D eigenvalue weighted by atomic mass is 16.5. The van der Waals surface area contributed by atoms with Gasteiger partial charge in [0.05, 0.1) is 0 Å². The van der Waals surface area contributed by atoms with Crippen molar-refractivity contribution in [1.82, 2.24) is 0 Å². The zero-order valence-corrected chi connectivity index (χ0v) is 13.3. The molecule has 2 nitrogen and oxygen atoms in total. The molecule has 0 spiro atoms. The Morgan fingerprint density at radius 3 is 2.16 bits per heavy atom. The number of hydrogen-bond donors (Lipinski definition) is 0. The number of hydrogen-bond acceptors (Lipinski definition) is 2. The van der Waals surface area contributed by atoms with E-state index in [4.69, 9.17) is 4.74 Å². The van der Waals surface area contributed by atoms with E-state index in [1.165, 1.54) is 18.1 Å². The van der Waals surface area contributed by atoms with Crippen molar-refractivity contribution in [3.63, 3.8) is 0 Å². The molecule has 0 saturated heterocycles. The summed E-state index contributed by atoms with van der Waals surface area (Å²) in [6.45, 7) is 11.9. The summed E-state index contributed by atoms with van der Waals surface area (Å²) in [5, 5.41) is 0. The van der Waals surface area contributed by atoms with Crippen LogP contribution >= 0.6 is 0 Å². The second kappa shape index (κ2) is 9.60. The fraction of sp³-hybridized carbons (Fsp3) is 0.588. The summed E-state index contributed by atoms with van der Waals surface area (Å²) in [6.07, 6.45) is 8.16. The first-order valence-corrected chi connectivity index (χ1v) is 7.02. The molecule has 0 N–H and O–H groups in total. The third kappa shape index (κ3) is 9.29. The molecule has 0 radical (unpaired) electrons. The van der Waals surface area contributed by atoms with Gasteiger partial charge in [-0.05, 0) is 52.5 Å². The third-order valence-electron chi connectivity index (χ3n) is 3.00. The van der Waals surface area contributed by atoms with Crippen molar-refractivity contribution in [2.45, 2.75) is 67.2 Å². The Bertz CT molecular complexity index is 380. The van der Waals surface area contributed by atoms with E-state index in [0.717, 1.165) is 30.6 Å². The van der Waals surface area contributed by atoms with E-state index in [2.05, 4.69) is 39.8 Å². The summed E-state index contributed by atoms with van der Waals surface area (Å²) in [4.78, 5) is 11.1. The minimum atomic E-state index is -0.238. The van der Waals surface area contributed by atoms with Crippen LogP contribution in [0, 0.1) is 0 Å². The van der Waals surface area contributed by atoms with Gasteiger partial charge in [-0.3, -0.25) is 4.79 Å². The molecule has 0 aromatic rings. The molecule has 0 aliphatic rings. The predicted octanol–water partition coefficient (Wildman–Crippen LogP) is 5.32. The molecule has 2 heteroatoms. The van der Waals surface area contributed by atoms with Crippen molar-refractivity contribution in [3.8, 4) is 0 Å². The van der Waals surface area contributed by atoms with Gasteiger partial charge in [0.2, 0.25) is 0 Å². The quantitative estimate of drug-likeness (QED) is 0.353. The molecule has 0 atom stereocenters. The van der Waals surface area contributed by atoms with Crippen LogP contribution in [-0.4, -0.2) is 5.97 Å². The average Bonchev–Trinajstić information content (AvgIpc) is 2.32. The van der Waals surface area contributed by atoms with Crippen LogP contribution in [-0.2, 0) is 9.53 Å². The van der Waals surface area contributed by atoms with Crippen LogP contribution in [0.5, 0.6) is 0 Å². The van der Waals surface area contributed by atoms with Crippen molar-refractivity contribution in [2.24, 2.45) is 0 Å². The molecule has 19 heavy (non-hydrogen) atoms. The largest absolute Gasteiger partial charge is 0.431 e. The minimum absolute atomic E-state index is 0.238. The maximum atomic E-state index is 11.1. The molecule has 0 aromatic heterocycles. The second-order valence-corrected chi connectivity index (χ2v) is 5.23. The molecular formula is C17H28O2. The Balaban J connectivity index is 4.53. The molecule has 0 unspecified atom stereocenters. The molecule has 0 amide bonds. The highest BCUT2D eigenvalue weighted by molar-refractivity contribution is 5.67. The van der Waals surface area contributed by atoms with Crippen LogP contribution in [0.25, 0.3) is 0 Å². The van der Waals surface area contributed by atoms with Crippen LogP contribution in [0.4, 0.5) is 0 Å². The van der Waals surface area contributed by atoms with Crippen molar-refractivity contribution in [3.05, 3.63) is 34.6 Å². The third-order valence-corrected chi connectivity index (χ3v) is 3.00. The smallest absolute Gasteiger partial charge is 0.307 e. The first kappa shape index (κ1) is 17.7. The van der Waals surface area contributed by atoms with E-state index in [9.17, 15) is 4.79 Å². The maximum absolute atomic E-state index is 11.1. The fourth-order valence-corrected chi connectivity index (χ4v) is 1.63. The van der Waals surface area contributed by atoms with Gasteiger partial charge in [-0.15, -0.1) is 0 Å². The molecule has 0 fully saturated rings. The van der Waals surface area contributed by atoms with Crippen molar-refractivity contribution < 1.29 is 9.53 Å². The molecule has 0 aliphatic carbocycles. The Labute approximate surface area is 118 Å². The lowest BCUT2D eigenvalue weighted by Gasteiger charge is -2.09. The minimum Gasteiger partial charge on any atom is -0.431 e. The van der Waals surface area contributed by atoms with Gasteiger partial charge in [-0.25, -0.2) is 0 Å². The van der Waals surface area contributed by atoms with Crippen LogP contribution in [0.15, 0.2) is 34.6 Å². The normalized spacial score (nSPS) is 12.8. The van der Waals surface area contributed by atoms with E-state index in [0.29, 0.717) is 6.42 Å². The van der Waals surface area contributed by atoms with E-state index in [-0.39, 0.29) is 5.97 Å². The van der Waals surface area contributed by atoms with Gasteiger partial charge in [-0.1, -0.05) is 30.2 Å². The highest BCUT2D eigenvalue weighted by Crippen LogP contribution is 2.17. The average molecular weight is 264 g/mol. The summed E-state index contributed by atoms with van der Waals surface area (Å²) >= 11 is 0. The van der Waals surface area contributed by atoms with Gasteiger partial charge in [0.15, 0.2) is 0 Å². The summed E-state index contributed by atoms with van der Waals surface area (Å²) in [5.74, 6) is 0.565. The summed E-state index contributed by atoms with van der Waals surface area (Å²) in [6, 6.07) is 0. The van der Waals surface area contributed by atoms with E-state index in [1.54, 1.807) is 0 Å². The number of esters is 1. The number of allylic oxidation sites excluding steroid dienone is 5. The number of rotatable bonds is 7. The first-order chi connectivity index (χ1) is 8.86. The molecule has 0 rings (SSSR count). The first-order valence-electron chi connectivity index (χ1n) is 7.02. The maximum Gasteiger partial charge on any atom is 0.307 e. The topological polar surface area (TPSA) is 26.3 Å². The predicted molar refractivity (Wildman–Crippen MR) is 81.8 cm³/mol. The van der Waals surface area contributed by atoms with Gasteiger partial charge in [0.1, 0.15) is 5.76 Å². The lowest BCUT2D eigenvalue weighted by Crippen LogP contribution is -2.01. The Kier molecular flexibility index (Phi) is 8.94. The Morgan fingerprint density at radius 2 is 1.68 bits per heavy atom. The van der Waals surface area contributed by atoms with Crippen molar-refractivity contribution >= 4 is 5.97 Å². The molecule has 0 saturated carbocycles.